The van der Waals surface area contributed by atoms with Crippen LogP contribution < -0.4 is 5.32 Å². The second-order valence-electron chi connectivity index (χ2n) is 4.37. The van der Waals surface area contributed by atoms with Gasteiger partial charge in [0.05, 0.1) is 5.56 Å². The van der Waals surface area contributed by atoms with E-state index in [2.05, 4.69) is 37.1 Å². The largest absolute Gasteiger partial charge is 0.366 e. The highest BCUT2D eigenvalue weighted by molar-refractivity contribution is 5.55. The van der Waals surface area contributed by atoms with Gasteiger partial charge >= 0.3 is 0 Å². The first-order valence-corrected chi connectivity index (χ1v) is 5.72. The van der Waals surface area contributed by atoms with Gasteiger partial charge in [0.2, 0.25) is 0 Å². The molecule has 0 aliphatic rings. The smallest absolute Gasteiger partial charge is 0.144 e. The van der Waals surface area contributed by atoms with Crippen molar-refractivity contribution in [1.82, 2.24) is 4.98 Å². The van der Waals surface area contributed by atoms with Crippen molar-refractivity contribution in [2.75, 3.05) is 5.32 Å². The third kappa shape index (κ3) is 2.73. The number of nitrogens with zero attached hydrogens (tertiary/aromatic N) is 2. The Morgan fingerprint density at radius 2 is 2.19 bits per heavy atom. The normalized spacial score (nSPS) is 12.2. The van der Waals surface area contributed by atoms with Gasteiger partial charge in [-0.3, -0.25) is 0 Å². The van der Waals surface area contributed by atoms with Gasteiger partial charge in [0, 0.05) is 12.2 Å². The van der Waals surface area contributed by atoms with Crippen LogP contribution in [-0.2, 0) is 0 Å². The third-order valence-corrected chi connectivity index (χ3v) is 2.84. The SMILES string of the molecule is CCC(Nc1nccc(C)c1C#N)C(C)C. The molecule has 1 heterocycles. The first-order chi connectivity index (χ1) is 7.60. The lowest BCUT2D eigenvalue weighted by atomic mass is 10.0. The lowest BCUT2D eigenvalue weighted by Crippen LogP contribution is -2.25. The first kappa shape index (κ1) is 12.5. The molecule has 0 radical (unpaired) electrons. The predicted octanol–water partition coefficient (Wildman–Crippen LogP) is 3.11. The molecule has 0 amide bonds. The molecule has 1 N–H and O–H groups in total. The lowest BCUT2D eigenvalue weighted by molar-refractivity contribution is 0.509. The van der Waals surface area contributed by atoms with Crippen molar-refractivity contribution in [2.45, 2.75) is 40.2 Å². The molecule has 0 fully saturated rings. The maximum Gasteiger partial charge on any atom is 0.144 e. The molecule has 0 aromatic carbocycles. The van der Waals surface area contributed by atoms with Gasteiger partial charge in [-0.1, -0.05) is 20.8 Å². The first-order valence-electron chi connectivity index (χ1n) is 5.72. The Morgan fingerprint density at radius 3 is 2.69 bits per heavy atom. The Kier molecular flexibility index (Phi) is 4.30. The summed E-state index contributed by atoms with van der Waals surface area (Å²) in [6.07, 6.45) is 2.77. The number of hydrogen-bond acceptors (Lipinski definition) is 3. The van der Waals surface area contributed by atoms with Gasteiger partial charge in [0.25, 0.3) is 0 Å². The highest BCUT2D eigenvalue weighted by atomic mass is 15.0. The van der Waals surface area contributed by atoms with Crippen LogP contribution in [-0.4, -0.2) is 11.0 Å². The zero-order valence-corrected chi connectivity index (χ0v) is 10.4. The van der Waals surface area contributed by atoms with Crippen molar-refractivity contribution in [3.63, 3.8) is 0 Å². The molecule has 3 nitrogen and oxygen atoms in total. The van der Waals surface area contributed by atoms with Crippen molar-refractivity contribution in [3.8, 4) is 6.07 Å². The summed E-state index contributed by atoms with van der Waals surface area (Å²) in [4.78, 5) is 4.25. The Morgan fingerprint density at radius 1 is 1.50 bits per heavy atom. The minimum Gasteiger partial charge on any atom is -0.366 e. The fourth-order valence-electron chi connectivity index (χ4n) is 1.72. The summed E-state index contributed by atoms with van der Waals surface area (Å²) in [5.41, 5.74) is 1.63. The summed E-state index contributed by atoms with van der Waals surface area (Å²) in [6, 6.07) is 4.43. The van der Waals surface area contributed by atoms with Crippen molar-refractivity contribution < 1.29 is 0 Å². The zero-order chi connectivity index (χ0) is 12.1. The summed E-state index contributed by atoms with van der Waals surface area (Å²) in [6.45, 7) is 8.41. The molecule has 0 spiro atoms. The minimum absolute atomic E-state index is 0.362. The molecule has 3 heteroatoms. The average molecular weight is 217 g/mol. The van der Waals surface area contributed by atoms with Gasteiger partial charge in [-0.25, -0.2) is 4.98 Å². The minimum atomic E-state index is 0.362. The maximum absolute atomic E-state index is 9.09. The topological polar surface area (TPSA) is 48.7 Å². The number of pyridine rings is 1. The Balaban J connectivity index is 2.97. The van der Waals surface area contributed by atoms with Crippen LogP contribution in [0.3, 0.4) is 0 Å². The van der Waals surface area contributed by atoms with Crippen LogP contribution in [0.1, 0.15) is 38.3 Å². The van der Waals surface area contributed by atoms with Crippen molar-refractivity contribution in [2.24, 2.45) is 5.92 Å². The van der Waals surface area contributed by atoms with Gasteiger partial charge in [-0.2, -0.15) is 5.26 Å². The number of anilines is 1. The number of rotatable bonds is 4. The predicted molar refractivity (Wildman–Crippen MR) is 66.2 cm³/mol. The van der Waals surface area contributed by atoms with Crippen molar-refractivity contribution >= 4 is 5.82 Å². The van der Waals surface area contributed by atoms with Crippen LogP contribution in [0, 0.1) is 24.2 Å². The van der Waals surface area contributed by atoms with Crippen LogP contribution in [0.2, 0.25) is 0 Å². The quantitative estimate of drug-likeness (QED) is 0.843. The van der Waals surface area contributed by atoms with E-state index in [1.54, 1.807) is 6.20 Å². The molecule has 0 bridgehead atoms. The Bertz CT molecular complexity index is 391. The fraction of sp³-hybridized carbons (Fsp3) is 0.538. The van der Waals surface area contributed by atoms with E-state index in [0.717, 1.165) is 12.0 Å². The second kappa shape index (κ2) is 5.50. The highest BCUT2D eigenvalue weighted by Crippen LogP contribution is 2.19. The van der Waals surface area contributed by atoms with E-state index >= 15 is 0 Å². The molecule has 0 aliphatic heterocycles. The van der Waals surface area contributed by atoms with Gasteiger partial charge in [0.1, 0.15) is 11.9 Å². The Hall–Kier alpha value is -1.56. The molecule has 1 aromatic heterocycles. The third-order valence-electron chi connectivity index (χ3n) is 2.84. The standard InChI is InChI=1S/C13H19N3/c1-5-12(9(2)3)16-13-11(8-14)10(4)6-7-15-13/h6-7,9,12H,5H2,1-4H3,(H,15,16). The van der Waals surface area contributed by atoms with Crippen molar-refractivity contribution in [1.29, 1.82) is 5.26 Å². The average Bonchev–Trinajstić information content (AvgIpc) is 2.25. The van der Waals surface area contributed by atoms with E-state index in [9.17, 15) is 0 Å². The van der Waals surface area contributed by atoms with E-state index in [1.165, 1.54) is 0 Å². The summed E-state index contributed by atoms with van der Waals surface area (Å²) < 4.78 is 0. The molecule has 86 valence electrons. The van der Waals surface area contributed by atoms with Crippen molar-refractivity contribution in [3.05, 3.63) is 23.4 Å². The van der Waals surface area contributed by atoms with Crippen LogP contribution in [0.15, 0.2) is 12.3 Å². The molecule has 0 saturated heterocycles. The molecular formula is C13H19N3. The van der Waals surface area contributed by atoms with Gasteiger partial charge in [-0.15, -0.1) is 0 Å². The monoisotopic (exact) mass is 217 g/mol. The molecule has 0 saturated carbocycles. The van der Waals surface area contributed by atoms with E-state index in [1.807, 2.05) is 13.0 Å². The van der Waals surface area contributed by atoms with E-state index in [-0.39, 0.29) is 0 Å². The van der Waals surface area contributed by atoms with Crippen LogP contribution in [0.25, 0.3) is 0 Å². The summed E-state index contributed by atoms with van der Waals surface area (Å²) in [5, 5.41) is 12.4. The molecule has 1 atom stereocenters. The number of aromatic nitrogens is 1. The lowest BCUT2D eigenvalue weighted by Gasteiger charge is -2.22. The number of aryl methyl sites for hydroxylation is 1. The molecule has 1 rings (SSSR count). The summed E-state index contributed by atoms with van der Waals surface area (Å²) in [7, 11) is 0. The summed E-state index contributed by atoms with van der Waals surface area (Å²) in [5.74, 6) is 1.24. The molecular weight excluding hydrogens is 198 g/mol. The van der Waals surface area contributed by atoms with Gasteiger partial charge in [0.15, 0.2) is 0 Å². The second-order valence-corrected chi connectivity index (χ2v) is 4.37. The fourth-order valence-corrected chi connectivity index (χ4v) is 1.72. The van der Waals surface area contributed by atoms with E-state index < -0.39 is 0 Å². The van der Waals surface area contributed by atoms with Crippen LogP contribution in [0.4, 0.5) is 5.82 Å². The Labute approximate surface area is 97.5 Å². The van der Waals surface area contributed by atoms with E-state index in [0.29, 0.717) is 23.3 Å². The molecule has 1 aromatic rings. The van der Waals surface area contributed by atoms with Crippen LogP contribution >= 0.6 is 0 Å². The molecule has 16 heavy (non-hydrogen) atoms. The molecule has 1 unspecified atom stereocenters. The number of hydrogen-bond donors (Lipinski definition) is 1. The molecule has 0 aliphatic carbocycles. The van der Waals surface area contributed by atoms with Gasteiger partial charge in [-0.05, 0) is 30.9 Å². The van der Waals surface area contributed by atoms with Crippen LogP contribution in [0.5, 0.6) is 0 Å². The zero-order valence-electron chi connectivity index (χ0n) is 10.4. The van der Waals surface area contributed by atoms with E-state index in [4.69, 9.17) is 5.26 Å². The number of nitrogens with one attached hydrogen (secondary N) is 1. The highest BCUT2D eigenvalue weighted by Gasteiger charge is 2.14. The number of nitriles is 1. The summed E-state index contributed by atoms with van der Waals surface area (Å²) >= 11 is 0. The van der Waals surface area contributed by atoms with Gasteiger partial charge < -0.3 is 5.32 Å². The maximum atomic E-state index is 9.09.